The minimum absolute atomic E-state index is 0.0121. The predicted molar refractivity (Wildman–Crippen MR) is 143 cm³/mol. The van der Waals surface area contributed by atoms with Crippen molar-refractivity contribution in [3.8, 4) is 17.2 Å². The Kier molecular flexibility index (Phi) is 6.27. The number of amides is 1. The van der Waals surface area contributed by atoms with Gasteiger partial charge in [-0.15, -0.1) is 0 Å². The van der Waals surface area contributed by atoms with Crippen LogP contribution in [0.5, 0.6) is 17.2 Å². The lowest BCUT2D eigenvalue weighted by Gasteiger charge is -2.30. The van der Waals surface area contributed by atoms with Gasteiger partial charge in [-0.25, -0.2) is 0 Å². The molecule has 0 saturated heterocycles. The number of ether oxygens (including phenoxy) is 3. The number of hydrogen-bond donors (Lipinski definition) is 0. The molecule has 0 aromatic heterocycles. The van der Waals surface area contributed by atoms with Gasteiger partial charge in [-0.2, -0.15) is 0 Å². The molecule has 0 N–H and O–H groups in total. The molecule has 0 fully saturated rings. The smallest absolute Gasteiger partial charge is 0.240 e. The molecule has 1 atom stereocenters. The summed E-state index contributed by atoms with van der Waals surface area (Å²) >= 11 is 0. The number of rotatable bonds is 8. The summed E-state index contributed by atoms with van der Waals surface area (Å²) in [7, 11) is 0. The maximum Gasteiger partial charge on any atom is 0.240 e. The van der Waals surface area contributed by atoms with Gasteiger partial charge in [-0.05, 0) is 35.2 Å². The van der Waals surface area contributed by atoms with Crippen LogP contribution in [0, 0.1) is 0 Å². The molecule has 2 aliphatic rings. The van der Waals surface area contributed by atoms with Gasteiger partial charge >= 0.3 is 0 Å². The monoisotopic (exact) mass is 491 g/mol. The Bertz CT molecular complexity index is 1360. The quantitative estimate of drug-likeness (QED) is 0.253. The molecule has 37 heavy (non-hydrogen) atoms. The normalized spacial score (nSPS) is 15.8. The van der Waals surface area contributed by atoms with Crippen molar-refractivity contribution >= 4 is 11.6 Å². The topological polar surface area (TPSA) is 48.0 Å². The van der Waals surface area contributed by atoms with E-state index in [9.17, 15) is 4.79 Å². The molecule has 0 bridgehead atoms. The van der Waals surface area contributed by atoms with Crippen LogP contribution in [-0.2, 0) is 4.79 Å². The first-order valence-corrected chi connectivity index (χ1v) is 12.8. The summed E-state index contributed by atoms with van der Waals surface area (Å²) in [6, 6.07) is 32.0. The van der Waals surface area contributed by atoms with E-state index in [-0.39, 0.29) is 18.7 Å². The highest BCUT2D eigenvalue weighted by atomic mass is 16.7. The Balaban J connectivity index is 1.50. The van der Waals surface area contributed by atoms with Gasteiger partial charge in [0.05, 0.1) is 18.6 Å². The second kappa shape index (κ2) is 10.0. The zero-order valence-electron chi connectivity index (χ0n) is 20.8. The molecular weight excluding hydrogens is 462 g/mol. The minimum atomic E-state index is -0.516. The molecule has 1 amide bonds. The van der Waals surface area contributed by atoms with E-state index in [1.807, 2.05) is 77.7 Å². The number of nitrogens with zero attached hydrogens (tertiary/aromatic N) is 1. The molecule has 5 nitrogen and oxygen atoms in total. The molecule has 0 saturated carbocycles. The standard InChI is InChI=1S/C32H29NO4/c1-2-3-18-35-27-20-29-28(36-21-37-29)19-25(27)30-24-16-10-11-17-26(24)33(32(30)34)31(22-12-6-4-7-13-22)23-14-8-5-9-15-23/h4-17,19-20,30-31H,2-3,18,21H2,1H3. The van der Waals surface area contributed by atoms with E-state index in [2.05, 4.69) is 31.2 Å². The number of unbranched alkanes of at least 4 members (excludes halogenated alkanes) is 1. The third-order valence-electron chi connectivity index (χ3n) is 7.05. The first-order valence-electron chi connectivity index (χ1n) is 12.8. The predicted octanol–water partition coefficient (Wildman–Crippen LogP) is 6.86. The van der Waals surface area contributed by atoms with E-state index in [0.717, 1.165) is 40.8 Å². The van der Waals surface area contributed by atoms with E-state index in [0.29, 0.717) is 23.9 Å². The number of carbonyl (C=O) groups is 1. The van der Waals surface area contributed by atoms with Gasteiger partial charge in [-0.3, -0.25) is 9.69 Å². The highest BCUT2D eigenvalue weighted by molar-refractivity contribution is 6.08. The molecule has 0 aliphatic carbocycles. The highest BCUT2D eigenvalue weighted by Crippen LogP contribution is 2.50. The third kappa shape index (κ3) is 4.20. The third-order valence-corrected chi connectivity index (χ3v) is 7.05. The maximum atomic E-state index is 14.5. The number of fused-ring (bicyclic) bond motifs is 2. The van der Waals surface area contributed by atoms with Crippen molar-refractivity contribution in [2.75, 3.05) is 18.3 Å². The van der Waals surface area contributed by atoms with Crippen LogP contribution in [0.1, 0.15) is 54.0 Å². The number of benzene rings is 4. The van der Waals surface area contributed by atoms with E-state index < -0.39 is 5.92 Å². The summed E-state index contributed by atoms with van der Waals surface area (Å²) in [5, 5.41) is 0. The maximum absolute atomic E-state index is 14.5. The fourth-order valence-electron chi connectivity index (χ4n) is 5.29. The van der Waals surface area contributed by atoms with Crippen molar-refractivity contribution in [1.29, 1.82) is 0 Å². The van der Waals surface area contributed by atoms with E-state index in [4.69, 9.17) is 14.2 Å². The van der Waals surface area contributed by atoms with Crippen molar-refractivity contribution in [3.63, 3.8) is 0 Å². The zero-order valence-corrected chi connectivity index (χ0v) is 20.8. The second-order valence-electron chi connectivity index (χ2n) is 9.37. The van der Waals surface area contributed by atoms with Gasteiger partial charge in [0.2, 0.25) is 12.7 Å². The Morgan fingerprint density at radius 2 is 1.46 bits per heavy atom. The van der Waals surface area contributed by atoms with Crippen molar-refractivity contribution in [1.82, 2.24) is 0 Å². The first-order chi connectivity index (χ1) is 18.3. The Hall–Kier alpha value is -4.25. The average molecular weight is 492 g/mol. The van der Waals surface area contributed by atoms with Crippen LogP contribution in [-0.4, -0.2) is 19.3 Å². The van der Waals surface area contributed by atoms with Crippen LogP contribution in [0.2, 0.25) is 0 Å². The fraction of sp³-hybridized carbons (Fsp3) is 0.219. The van der Waals surface area contributed by atoms with Crippen LogP contribution in [0.4, 0.5) is 5.69 Å². The molecule has 4 aromatic carbocycles. The lowest BCUT2D eigenvalue weighted by molar-refractivity contribution is -0.118. The van der Waals surface area contributed by atoms with Gasteiger partial charge < -0.3 is 14.2 Å². The summed E-state index contributed by atoms with van der Waals surface area (Å²) in [5.41, 5.74) is 4.79. The molecule has 2 aliphatic heterocycles. The lowest BCUT2D eigenvalue weighted by atomic mass is 9.91. The number of para-hydroxylation sites is 1. The highest BCUT2D eigenvalue weighted by Gasteiger charge is 2.44. The molecule has 5 heteroatoms. The molecule has 1 unspecified atom stereocenters. The van der Waals surface area contributed by atoms with Crippen LogP contribution in [0.25, 0.3) is 0 Å². The van der Waals surface area contributed by atoms with Gasteiger partial charge in [-0.1, -0.05) is 92.2 Å². The number of hydrogen-bond acceptors (Lipinski definition) is 4. The van der Waals surface area contributed by atoms with Crippen molar-refractivity contribution in [3.05, 3.63) is 119 Å². The van der Waals surface area contributed by atoms with Crippen LogP contribution in [0.15, 0.2) is 97.1 Å². The van der Waals surface area contributed by atoms with Gasteiger partial charge in [0, 0.05) is 17.3 Å². The largest absolute Gasteiger partial charge is 0.493 e. The Morgan fingerprint density at radius 1 is 0.838 bits per heavy atom. The lowest BCUT2D eigenvalue weighted by Crippen LogP contribution is -2.34. The Morgan fingerprint density at radius 3 is 2.14 bits per heavy atom. The van der Waals surface area contributed by atoms with E-state index in [1.54, 1.807) is 0 Å². The average Bonchev–Trinajstić information content (AvgIpc) is 3.51. The van der Waals surface area contributed by atoms with Crippen LogP contribution >= 0.6 is 0 Å². The molecule has 0 spiro atoms. The summed E-state index contributed by atoms with van der Waals surface area (Å²) < 4.78 is 17.6. The van der Waals surface area contributed by atoms with Crippen molar-refractivity contribution in [2.45, 2.75) is 31.7 Å². The van der Waals surface area contributed by atoms with Crippen LogP contribution in [0.3, 0.4) is 0 Å². The minimum Gasteiger partial charge on any atom is -0.493 e. The van der Waals surface area contributed by atoms with Gasteiger partial charge in [0.15, 0.2) is 11.5 Å². The Labute approximate surface area is 217 Å². The fourth-order valence-corrected chi connectivity index (χ4v) is 5.29. The van der Waals surface area contributed by atoms with Gasteiger partial charge in [0.25, 0.3) is 0 Å². The number of anilines is 1. The molecule has 2 heterocycles. The SMILES string of the molecule is CCCCOc1cc2c(cc1C1C(=O)N(C(c3ccccc3)c3ccccc3)c3ccccc31)OCO2. The molecule has 186 valence electrons. The summed E-state index contributed by atoms with van der Waals surface area (Å²) in [6.07, 6.45) is 1.95. The number of carbonyl (C=O) groups excluding carboxylic acids is 1. The molecule has 6 rings (SSSR count). The van der Waals surface area contributed by atoms with Crippen LogP contribution < -0.4 is 19.1 Å². The van der Waals surface area contributed by atoms with E-state index in [1.165, 1.54) is 0 Å². The molecule has 0 radical (unpaired) electrons. The van der Waals surface area contributed by atoms with Crippen molar-refractivity contribution < 1.29 is 19.0 Å². The first kappa shape index (κ1) is 23.2. The van der Waals surface area contributed by atoms with Gasteiger partial charge in [0.1, 0.15) is 5.75 Å². The second-order valence-corrected chi connectivity index (χ2v) is 9.37. The molecular formula is C32H29NO4. The van der Waals surface area contributed by atoms with E-state index >= 15 is 0 Å². The summed E-state index contributed by atoms with van der Waals surface area (Å²) in [6.45, 7) is 2.87. The van der Waals surface area contributed by atoms with Crippen molar-refractivity contribution in [2.24, 2.45) is 0 Å². The zero-order chi connectivity index (χ0) is 25.2. The summed E-state index contributed by atoms with van der Waals surface area (Å²) in [4.78, 5) is 16.5. The summed E-state index contributed by atoms with van der Waals surface area (Å²) in [5.74, 6) is 1.46. The molecule has 4 aromatic rings.